The molecule has 0 aliphatic carbocycles. The Labute approximate surface area is 137 Å². The maximum atomic E-state index is 14.0. The van der Waals surface area contributed by atoms with Gasteiger partial charge in [-0.2, -0.15) is 0 Å². The van der Waals surface area contributed by atoms with Crippen LogP contribution < -0.4 is 0 Å². The van der Waals surface area contributed by atoms with Gasteiger partial charge in [-0.3, -0.25) is 0 Å². The van der Waals surface area contributed by atoms with Gasteiger partial charge >= 0.3 is 138 Å². The molecule has 1 aliphatic heterocycles. The molecule has 0 radical (unpaired) electrons. The number of hydrogen-bond donors (Lipinski definition) is 0. The van der Waals surface area contributed by atoms with E-state index in [0.29, 0.717) is 9.85 Å². The summed E-state index contributed by atoms with van der Waals surface area (Å²) < 4.78 is 32.3. The van der Waals surface area contributed by atoms with Crippen molar-refractivity contribution in [2.45, 2.75) is 47.0 Å². The van der Waals surface area contributed by atoms with Gasteiger partial charge in [-0.05, 0) is 0 Å². The van der Waals surface area contributed by atoms with Crippen LogP contribution in [0.25, 0.3) is 0 Å². The van der Waals surface area contributed by atoms with Gasteiger partial charge in [0.05, 0.1) is 0 Å². The summed E-state index contributed by atoms with van der Waals surface area (Å²) in [5.41, 5.74) is 1.12. The van der Waals surface area contributed by atoms with E-state index in [1.165, 1.54) is 0 Å². The zero-order valence-corrected chi connectivity index (χ0v) is 18.8. The predicted molar refractivity (Wildman–Crippen MR) is 75.9 cm³/mol. The topological polar surface area (TPSA) is 26.3 Å². The Morgan fingerprint density at radius 3 is 2.75 bits per heavy atom. The standard InChI is InChI=1S/C14H18FO2S.ClH.Hg/c1-3-11-8-13(15)14(17-11)9-18(16)12-6-4-10(2)5-7-12;;/h3-7,11,13-14H,8-9H2,1-2H3;1H;/q;;+1/p-1/t11-,13-,14-,18?;;/m1../s1. The molecular formula is C14H18ClFHgO2S. The summed E-state index contributed by atoms with van der Waals surface area (Å²) in [6.07, 6.45) is -1.23. The molecule has 0 amide bonds. The quantitative estimate of drug-likeness (QED) is 0.572. The first-order valence-electron chi connectivity index (χ1n) is 6.81. The molecule has 1 saturated heterocycles. The molecule has 0 spiro atoms. The molecule has 5 atom stereocenters. The van der Waals surface area contributed by atoms with Gasteiger partial charge in [-0.1, -0.05) is 0 Å². The third kappa shape index (κ3) is 4.25. The van der Waals surface area contributed by atoms with Crippen molar-refractivity contribution in [1.82, 2.24) is 0 Å². The van der Waals surface area contributed by atoms with Crippen molar-refractivity contribution in [3.8, 4) is 0 Å². The molecule has 1 unspecified atom stereocenters. The van der Waals surface area contributed by atoms with Crippen LogP contribution in [-0.2, 0) is 38.9 Å². The van der Waals surface area contributed by atoms with Crippen LogP contribution in [0.5, 0.6) is 0 Å². The zero-order chi connectivity index (χ0) is 14.7. The van der Waals surface area contributed by atoms with Crippen molar-refractivity contribution in [3.63, 3.8) is 0 Å². The van der Waals surface area contributed by atoms with Crippen molar-refractivity contribution < 1.29 is 36.7 Å². The van der Waals surface area contributed by atoms with Gasteiger partial charge in [-0.15, -0.1) is 0 Å². The third-order valence-corrected chi connectivity index (χ3v) is 13.3. The van der Waals surface area contributed by atoms with Crippen molar-refractivity contribution in [2.24, 2.45) is 0 Å². The van der Waals surface area contributed by atoms with Crippen LogP contribution in [0.4, 0.5) is 4.39 Å². The molecule has 6 heteroatoms. The van der Waals surface area contributed by atoms with E-state index in [9.17, 15) is 8.60 Å². The molecule has 0 bridgehead atoms. The van der Waals surface area contributed by atoms with Crippen LogP contribution in [0.1, 0.15) is 18.9 Å². The number of ether oxygens (including phenoxy) is 1. The van der Waals surface area contributed by atoms with Crippen LogP contribution in [0.15, 0.2) is 29.2 Å². The Hall–Kier alpha value is 0.485. The fraction of sp³-hybridized carbons (Fsp3) is 0.571. The Kier molecular flexibility index (Phi) is 6.45. The van der Waals surface area contributed by atoms with E-state index in [1.54, 1.807) is 0 Å². The molecule has 0 saturated carbocycles. The fourth-order valence-electron chi connectivity index (χ4n) is 2.28. The Bertz CT molecular complexity index is 471. The molecule has 1 fully saturated rings. The second kappa shape index (κ2) is 7.66. The summed E-state index contributed by atoms with van der Waals surface area (Å²) in [5, 5.41) is 0. The van der Waals surface area contributed by atoms with Gasteiger partial charge in [0.15, 0.2) is 0 Å². The van der Waals surface area contributed by atoms with Gasteiger partial charge in [0.2, 0.25) is 0 Å². The minimum atomic E-state index is -1.41. The minimum absolute atomic E-state index is 0.0656. The van der Waals surface area contributed by atoms with E-state index in [2.05, 4.69) is 0 Å². The van der Waals surface area contributed by atoms with E-state index in [0.717, 1.165) is 10.5 Å². The Morgan fingerprint density at radius 2 is 2.15 bits per heavy atom. The van der Waals surface area contributed by atoms with Crippen LogP contribution in [-0.4, -0.2) is 28.3 Å². The molecule has 108 valence electrons. The molecule has 1 aromatic carbocycles. The number of halogens is 2. The molecule has 2 nitrogen and oxygen atoms in total. The Morgan fingerprint density at radius 1 is 1.50 bits per heavy atom. The van der Waals surface area contributed by atoms with Gasteiger partial charge in [0.25, 0.3) is 0 Å². The third-order valence-electron chi connectivity index (χ3n) is 3.69. The van der Waals surface area contributed by atoms with Crippen molar-refractivity contribution in [2.75, 3.05) is 5.75 Å². The average Bonchev–Trinajstić information content (AvgIpc) is 2.80. The van der Waals surface area contributed by atoms with Crippen LogP contribution in [0.2, 0.25) is 3.43 Å². The predicted octanol–water partition coefficient (Wildman–Crippen LogP) is 3.64. The van der Waals surface area contributed by atoms with E-state index < -0.39 is 46.4 Å². The molecular weight excluding hydrogens is 487 g/mol. The van der Waals surface area contributed by atoms with Crippen molar-refractivity contribution in [1.29, 1.82) is 0 Å². The monoisotopic (exact) mass is 506 g/mol. The first kappa shape index (κ1) is 16.8. The second-order valence-electron chi connectivity index (χ2n) is 5.42. The van der Waals surface area contributed by atoms with Gasteiger partial charge in [-0.25, -0.2) is 0 Å². The molecule has 2 rings (SSSR count). The summed E-state index contributed by atoms with van der Waals surface area (Å²) in [4.78, 5) is 0.736. The van der Waals surface area contributed by atoms with Gasteiger partial charge in [0.1, 0.15) is 0 Å². The van der Waals surface area contributed by atoms with Crippen LogP contribution in [0, 0.1) is 6.92 Å². The summed E-state index contributed by atoms with van der Waals surface area (Å²) in [6, 6.07) is 7.51. The normalized spacial score (nSPS) is 28.9. The fourth-order valence-corrected chi connectivity index (χ4v) is 7.20. The van der Waals surface area contributed by atoms with E-state index >= 15 is 0 Å². The number of alkyl halides is 1. The van der Waals surface area contributed by atoms with Crippen LogP contribution in [0.3, 0.4) is 0 Å². The first-order valence-corrected chi connectivity index (χ1v) is 18.1. The summed E-state index contributed by atoms with van der Waals surface area (Å²) in [5.74, 6) is 0.229. The Balaban J connectivity index is 1.96. The number of hydrogen-bond acceptors (Lipinski definition) is 2. The first-order chi connectivity index (χ1) is 9.51. The van der Waals surface area contributed by atoms with E-state index in [4.69, 9.17) is 13.0 Å². The number of aryl methyl sites for hydroxylation is 1. The molecule has 1 aliphatic rings. The summed E-state index contributed by atoms with van der Waals surface area (Å²) in [6.45, 7) is 4.03. The van der Waals surface area contributed by atoms with E-state index in [1.807, 2.05) is 38.1 Å². The molecule has 20 heavy (non-hydrogen) atoms. The second-order valence-corrected chi connectivity index (χ2v) is 15.8. The molecule has 1 heterocycles. The van der Waals surface area contributed by atoms with Crippen molar-refractivity contribution >= 4 is 19.0 Å². The average molecular weight is 505 g/mol. The number of rotatable bonds is 5. The SMILES string of the molecule is Cc1ccc(S(=O)C[C@H]2O[C@H]([C@@H](C)[Hg][Cl])C[C@H]2F)cc1. The zero-order valence-electron chi connectivity index (χ0n) is 11.7. The maximum absolute atomic E-state index is 14.0. The van der Waals surface area contributed by atoms with E-state index in [-0.39, 0.29) is 11.9 Å². The molecule has 1 aromatic rings. The molecule has 0 aromatic heterocycles. The van der Waals surface area contributed by atoms with Crippen LogP contribution >= 0.6 is 8.25 Å². The molecule has 0 N–H and O–H groups in total. The van der Waals surface area contributed by atoms with Gasteiger partial charge < -0.3 is 0 Å². The number of benzene rings is 1. The van der Waals surface area contributed by atoms with Gasteiger partial charge in [0, 0.05) is 0 Å². The summed E-state index contributed by atoms with van der Waals surface area (Å²) in [7, 11) is 4.79. The van der Waals surface area contributed by atoms with Crippen molar-refractivity contribution in [3.05, 3.63) is 29.8 Å². The summed E-state index contributed by atoms with van der Waals surface area (Å²) >= 11 is -1.41.